The van der Waals surface area contributed by atoms with Gasteiger partial charge in [-0.2, -0.15) is 0 Å². The maximum atomic E-state index is 13.8. The fourth-order valence-corrected chi connectivity index (χ4v) is 3.70. The molecular weight excluding hydrogens is 471 g/mol. The van der Waals surface area contributed by atoms with Gasteiger partial charge in [-0.1, -0.05) is 40.9 Å². The van der Waals surface area contributed by atoms with Crippen LogP contribution in [0.4, 0.5) is 8.78 Å². The van der Waals surface area contributed by atoms with Crippen molar-refractivity contribution >= 4 is 40.7 Å². The van der Waals surface area contributed by atoms with E-state index in [1.807, 2.05) is 0 Å². The molecule has 0 heterocycles. The quantitative estimate of drug-likeness (QED) is 0.419. The van der Waals surface area contributed by atoms with Gasteiger partial charge in [0.2, 0.25) is 0 Å². The summed E-state index contributed by atoms with van der Waals surface area (Å²) >= 11 is 18.4. The average molecular weight is 487 g/mol. The topological polar surface area (TPSA) is 58.6 Å². The van der Waals surface area contributed by atoms with Crippen molar-refractivity contribution in [2.45, 2.75) is 6.42 Å². The first-order valence-corrected chi connectivity index (χ1v) is 10.1. The molecule has 0 spiro atoms. The molecule has 4 nitrogen and oxygen atoms in total. The Labute approximate surface area is 192 Å². The summed E-state index contributed by atoms with van der Waals surface area (Å²) in [6.45, 7) is -0.180. The standard InChI is InChI=1S/C22H16Cl3F2NO3/c1-28-21(30)10-31-13-8-16(23)15(17(24)9-13)5-11-2-3-20(29)14(4-11)12-6-18(25)22(27)19(26)7-12/h2-4,6-9,29H,5,10H2,1H3,(H,28,30). The van der Waals surface area contributed by atoms with Crippen LogP contribution >= 0.6 is 34.8 Å². The highest BCUT2D eigenvalue weighted by molar-refractivity contribution is 6.36. The Hall–Kier alpha value is -2.54. The SMILES string of the molecule is CNC(=O)COc1cc(Cl)c(Cc2ccc(O)c(-c3cc(F)c(F)c(Cl)c3)c2)c(Cl)c1. The average Bonchev–Trinajstić information content (AvgIpc) is 2.73. The zero-order valence-electron chi connectivity index (χ0n) is 16.1. The number of phenols is 1. The van der Waals surface area contributed by atoms with Gasteiger partial charge in [0, 0.05) is 29.1 Å². The lowest BCUT2D eigenvalue weighted by Crippen LogP contribution is -2.24. The smallest absolute Gasteiger partial charge is 0.257 e. The van der Waals surface area contributed by atoms with E-state index in [-0.39, 0.29) is 35.8 Å². The lowest BCUT2D eigenvalue weighted by atomic mass is 9.98. The predicted molar refractivity (Wildman–Crippen MR) is 117 cm³/mol. The first-order chi connectivity index (χ1) is 14.7. The summed E-state index contributed by atoms with van der Waals surface area (Å²) in [5, 5.41) is 12.9. The minimum Gasteiger partial charge on any atom is -0.507 e. The van der Waals surface area contributed by atoms with E-state index in [1.165, 1.54) is 19.2 Å². The van der Waals surface area contributed by atoms with E-state index in [9.17, 15) is 18.7 Å². The second kappa shape index (κ2) is 9.73. The van der Waals surface area contributed by atoms with Crippen molar-refractivity contribution in [3.05, 3.63) is 80.3 Å². The zero-order chi connectivity index (χ0) is 22.7. The molecule has 0 atom stereocenters. The molecule has 0 radical (unpaired) electrons. The molecule has 0 aliphatic carbocycles. The van der Waals surface area contributed by atoms with Crippen molar-refractivity contribution in [1.29, 1.82) is 0 Å². The summed E-state index contributed by atoms with van der Waals surface area (Å²) in [5.74, 6) is -2.36. The molecule has 9 heteroatoms. The fraction of sp³-hybridized carbons (Fsp3) is 0.136. The largest absolute Gasteiger partial charge is 0.507 e. The molecule has 2 N–H and O–H groups in total. The van der Waals surface area contributed by atoms with Gasteiger partial charge in [-0.3, -0.25) is 4.79 Å². The molecule has 0 aliphatic rings. The first kappa shape index (κ1) is 23.1. The number of rotatable bonds is 6. The highest BCUT2D eigenvalue weighted by atomic mass is 35.5. The zero-order valence-corrected chi connectivity index (χ0v) is 18.4. The summed E-state index contributed by atoms with van der Waals surface area (Å²) in [6, 6.07) is 9.98. The molecule has 3 rings (SSSR count). The van der Waals surface area contributed by atoms with Gasteiger partial charge in [0.15, 0.2) is 18.2 Å². The number of hydrogen-bond acceptors (Lipinski definition) is 3. The van der Waals surface area contributed by atoms with Crippen LogP contribution in [0.3, 0.4) is 0 Å². The Kier molecular flexibility index (Phi) is 7.26. The molecule has 162 valence electrons. The second-order valence-electron chi connectivity index (χ2n) is 6.61. The molecule has 0 bridgehead atoms. The first-order valence-electron chi connectivity index (χ1n) is 8.97. The number of carbonyl (C=O) groups is 1. The number of likely N-dealkylation sites (N-methyl/N-ethyl adjacent to an activating group) is 1. The van der Waals surface area contributed by atoms with Gasteiger partial charge in [0.05, 0.1) is 5.02 Å². The number of halogens is 5. The molecule has 0 aliphatic heterocycles. The van der Waals surface area contributed by atoms with Crippen molar-refractivity contribution in [2.75, 3.05) is 13.7 Å². The minimum absolute atomic E-state index is 0.124. The maximum Gasteiger partial charge on any atom is 0.257 e. The third-order valence-corrected chi connectivity index (χ3v) is 5.45. The Morgan fingerprint density at radius 1 is 1.03 bits per heavy atom. The number of nitrogens with one attached hydrogen (secondary N) is 1. The summed E-state index contributed by atoms with van der Waals surface area (Å²) in [6.07, 6.45) is 0.290. The minimum atomic E-state index is -1.15. The van der Waals surface area contributed by atoms with E-state index < -0.39 is 16.7 Å². The number of carbonyl (C=O) groups excluding carboxylic acids is 1. The lowest BCUT2D eigenvalue weighted by Gasteiger charge is -2.13. The van der Waals surface area contributed by atoms with Gasteiger partial charge in [-0.25, -0.2) is 8.78 Å². The van der Waals surface area contributed by atoms with Gasteiger partial charge in [-0.05, 0) is 53.1 Å². The molecule has 0 saturated carbocycles. The highest BCUT2D eigenvalue weighted by Crippen LogP contribution is 2.36. The number of benzene rings is 3. The van der Waals surface area contributed by atoms with Crippen molar-refractivity contribution in [2.24, 2.45) is 0 Å². The molecule has 0 saturated heterocycles. The van der Waals surface area contributed by atoms with E-state index in [1.54, 1.807) is 24.3 Å². The van der Waals surface area contributed by atoms with Crippen molar-refractivity contribution < 1.29 is 23.4 Å². The van der Waals surface area contributed by atoms with Crippen LogP contribution in [0.25, 0.3) is 11.1 Å². The van der Waals surface area contributed by atoms with Gasteiger partial charge in [-0.15, -0.1) is 0 Å². The second-order valence-corrected chi connectivity index (χ2v) is 7.83. The Balaban J connectivity index is 1.90. The van der Waals surface area contributed by atoms with Crippen molar-refractivity contribution in [3.63, 3.8) is 0 Å². The van der Waals surface area contributed by atoms with Gasteiger partial charge >= 0.3 is 0 Å². The monoisotopic (exact) mass is 485 g/mol. The number of phenolic OH excluding ortho intramolecular Hbond substituents is 1. The molecule has 0 fully saturated rings. The van der Waals surface area contributed by atoms with Crippen LogP contribution in [0.15, 0.2) is 42.5 Å². The molecular formula is C22H16Cl3F2NO3. The molecule has 3 aromatic carbocycles. The normalized spacial score (nSPS) is 10.8. The summed E-state index contributed by atoms with van der Waals surface area (Å²) in [4.78, 5) is 11.3. The molecule has 0 aromatic heterocycles. The molecule has 3 aromatic rings. The van der Waals surface area contributed by atoms with E-state index in [4.69, 9.17) is 39.5 Å². The van der Waals surface area contributed by atoms with E-state index >= 15 is 0 Å². The van der Waals surface area contributed by atoms with Crippen molar-refractivity contribution in [1.82, 2.24) is 5.32 Å². The maximum absolute atomic E-state index is 13.8. The predicted octanol–water partition coefficient (Wildman–Crippen LogP) is 6.01. The van der Waals surface area contributed by atoms with Gasteiger partial charge < -0.3 is 15.2 Å². The third-order valence-electron chi connectivity index (χ3n) is 4.50. The highest BCUT2D eigenvalue weighted by Gasteiger charge is 2.15. The third kappa shape index (κ3) is 5.39. The summed E-state index contributed by atoms with van der Waals surface area (Å²) < 4.78 is 32.6. The molecule has 1 amide bonds. The van der Waals surface area contributed by atoms with Crippen LogP contribution in [0, 0.1) is 11.6 Å². The Bertz CT molecular complexity index is 1110. The van der Waals surface area contributed by atoms with Crippen LogP contribution in [0.1, 0.15) is 11.1 Å². The van der Waals surface area contributed by atoms with Crippen LogP contribution in [-0.2, 0) is 11.2 Å². The fourth-order valence-electron chi connectivity index (χ4n) is 2.89. The van der Waals surface area contributed by atoms with Gasteiger partial charge in [0.1, 0.15) is 11.5 Å². The van der Waals surface area contributed by atoms with E-state index in [0.717, 1.165) is 6.07 Å². The van der Waals surface area contributed by atoms with Gasteiger partial charge in [0.25, 0.3) is 5.91 Å². The number of ether oxygens (including phenoxy) is 1. The number of hydrogen-bond donors (Lipinski definition) is 2. The molecule has 0 unspecified atom stereocenters. The van der Waals surface area contributed by atoms with Crippen LogP contribution < -0.4 is 10.1 Å². The van der Waals surface area contributed by atoms with E-state index in [0.29, 0.717) is 26.9 Å². The Morgan fingerprint density at radius 3 is 2.32 bits per heavy atom. The molecule has 31 heavy (non-hydrogen) atoms. The number of amides is 1. The summed E-state index contributed by atoms with van der Waals surface area (Å²) in [7, 11) is 1.49. The van der Waals surface area contributed by atoms with Crippen molar-refractivity contribution in [3.8, 4) is 22.6 Å². The summed E-state index contributed by atoms with van der Waals surface area (Å²) in [5.41, 5.74) is 1.79. The van der Waals surface area contributed by atoms with Crippen LogP contribution in [-0.4, -0.2) is 24.7 Å². The lowest BCUT2D eigenvalue weighted by molar-refractivity contribution is -0.122. The van der Waals surface area contributed by atoms with Crippen LogP contribution in [0.2, 0.25) is 15.1 Å². The number of aromatic hydroxyl groups is 1. The van der Waals surface area contributed by atoms with Crippen LogP contribution in [0.5, 0.6) is 11.5 Å². The van der Waals surface area contributed by atoms with E-state index in [2.05, 4.69) is 5.32 Å². The Morgan fingerprint density at radius 2 is 1.71 bits per heavy atom.